The van der Waals surface area contributed by atoms with Gasteiger partial charge in [0.1, 0.15) is 12.6 Å². The van der Waals surface area contributed by atoms with E-state index in [2.05, 4.69) is 21.0 Å². The number of aliphatic hydroxyl groups excluding tert-OH is 1. The van der Waals surface area contributed by atoms with Crippen LogP contribution in [0.2, 0.25) is 0 Å². The van der Waals surface area contributed by atoms with Crippen molar-refractivity contribution in [2.45, 2.75) is 89.5 Å². The first-order chi connectivity index (χ1) is 9.87. The Balaban J connectivity index is 0. The van der Waals surface area contributed by atoms with Crippen molar-refractivity contribution in [1.29, 1.82) is 0 Å². The Kier molecular flexibility index (Phi) is 16.9. The number of alkyl halides is 1. The third kappa shape index (κ3) is 16.9. The van der Waals surface area contributed by atoms with Crippen LogP contribution in [-0.2, 0) is 0 Å². The SMILES string of the molecule is CCCCCCCCCCC(Cl)CC[N+](C)(C)CC(C)O.[Cl-]. The van der Waals surface area contributed by atoms with Gasteiger partial charge < -0.3 is 22.0 Å². The molecule has 0 aliphatic rings. The molecule has 0 fully saturated rings. The van der Waals surface area contributed by atoms with E-state index >= 15 is 0 Å². The lowest BCUT2D eigenvalue weighted by Crippen LogP contribution is -3.00. The minimum absolute atomic E-state index is 0. The predicted octanol–water partition coefficient (Wildman–Crippen LogP) is 1.98. The Hall–Kier alpha value is 0.500. The van der Waals surface area contributed by atoms with Gasteiger partial charge in [-0.15, -0.1) is 11.6 Å². The normalized spacial score (nSPS) is 14.5. The lowest BCUT2D eigenvalue weighted by Gasteiger charge is -2.31. The van der Waals surface area contributed by atoms with Crippen LogP contribution in [-0.4, -0.2) is 48.3 Å². The third-order valence-corrected chi connectivity index (χ3v) is 4.61. The summed E-state index contributed by atoms with van der Waals surface area (Å²) in [6.07, 6.45) is 12.9. The molecule has 0 aromatic carbocycles. The van der Waals surface area contributed by atoms with Crippen molar-refractivity contribution in [2.75, 3.05) is 27.2 Å². The molecule has 0 rings (SSSR count). The Morgan fingerprint density at radius 3 is 1.91 bits per heavy atom. The molecule has 22 heavy (non-hydrogen) atoms. The summed E-state index contributed by atoms with van der Waals surface area (Å²) in [6.45, 7) is 5.98. The molecule has 1 N–H and O–H groups in total. The molecular formula is C18H39Cl2NO. The number of hydrogen-bond acceptors (Lipinski definition) is 1. The van der Waals surface area contributed by atoms with E-state index in [9.17, 15) is 5.11 Å². The van der Waals surface area contributed by atoms with Crippen molar-refractivity contribution >= 4 is 11.6 Å². The van der Waals surface area contributed by atoms with Gasteiger partial charge in [-0.2, -0.15) is 0 Å². The molecule has 0 saturated carbocycles. The lowest BCUT2D eigenvalue weighted by atomic mass is 10.1. The Bertz CT molecular complexity index is 235. The van der Waals surface area contributed by atoms with Crippen LogP contribution in [0.25, 0.3) is 0 Å². The second-order valence-corrected chi connectivity index (χ2v) is 7.96. The smallest absolute Gasteiger partial charge is 0.104 e. The van der Waals surface area contributed by atoms with Crippen molar-refractivity contribution in [2.24, 2.45) is 0 Å². The van der Waals surface area contributed by atoms with Gasteiger partial charge in [0.25, 0.3) is 0 Å². The van der Waals surface area contributed by atoms with E-state index in [0.717, 1.165) is 30.4 Å². The molecule has 2 unspecified atom stereocenters. The standard InChI is InChI=1S/C18H39ClNO.ClH/c1-5-6-7-8-9-10-11-12-13-18(19)14-15-20(3,4)16-17(2)21;/h17-18,21H,5-16H2,1-4H3;1H/q+1;/p-1. The number of halogens is 2. The molecule has 2 nitrogen and oxygen atoms in total. The molecule has 0 radical (unpaired) electrons. The molecule has 0 aromatic heterocycles. The van der Waals surface area contributed by atoms with Gasteiger partial charge in [0.2, 0.25) is 0 Å². The molecule has 0 aliphatic heterocycles. The maximum Gasteiger partial charge on any atom is 0.104 e. The third-order valence-electron chi connectivity index (χ3n) is 4.18. The monoisotopic (exact) mass is 355 g/mol. The van der Waals surface area contributed by atoms with Crippen LogP contribution in [0.1, 0.15) is 78.1 Å². The van der Waals surface area contributed by atoms with Crippen molar-refractivity contribution in [3.63, 3.8) is 0 Å². The van der Waals surface area contributed by atoms with E-state index in [1.165, 1.54) is 51.4 Å². The highest BCUT2D eigenvalue weighted by atomic mass is 35.5. The number of nitrogens with zero attached hydrogens (tertiary/aromatic N) is 1. The highest BCUT2D eigenvalue weighted by Gasteiger charge is 2.19. The quantitative estimate of drug-likeness (QED) is 0.287. The summed E-state index contributed by atoms with van der Waals surface area (Å²) in [4.78, 5) is 0. The van der Waals surface area contributed by atoms with E-state index in [-0.39, 0.29) is 18.5 Å². The summed E-state index contributed by atoms with van der Waals surface area (Å²) in [6, 6.07) is 0. The number of aliphatic hydroxyl groups is 1. The summed E-state index contributed by atoms with van der Waals surface area (Å²) in [5.74, 6) is 0. The first-order valence-electron chi connectivity index (χ1n) is 9.01. The topological polar surface area (TPSA) is 20.2 Å². The van der Waals surface area contributed by atoms with Gasteiger partial charge >= 0.3 is 0 Å². The molecular weight excluding hydrogens is 317 g/mol. The second kappa shape index (κ2) is 15.1. The molecule has 0 heterocycles. The van der Waals surface area contributed by atoms with Crippen LogP contribution in [0.3, 0.4) is 0 Å². The van der Waals surface area contributed by atoms with Crippen LogP contribution in [0.4, 0.5) is 0 Å². The number of unbranched alkanes of at least 4 members (excludes halogenated alkanes) is 7. The molecule has 4 heteroatoms. The molecule has 0 saturated heterocycles. The van der Waals surface area contributed by atoms with Gasteiger partial charge in [0.05, 0.1) is 20.6 Å². The van der Waals surface area contributed by atoms with E-state index in [1.54, 1.807) is 0 Å². The fraction of sp³-hybridized carbons (Fsp3) is 1.00. The summed E-state index contributed by atoms with van der Waals surface area (Å²) >= 11 is 6.43. The van der Waals surface area contributed by atoms with Crippen molar-refractivity contribution in [1.82, 2.24) is 0 Å². The highest BCUT2D eigenvalue weighted by Crippen LogP contribution is 2.16. The zero-order chi connectivity index (χ0) is 16.1. The second-order valence-electron chi connectivity index (χ2n) is 7.34. The summed E-state index contributed by atoms with van der Waals surface area (Å²) in [7, 11) is 4.35. The average Bonchev–Trinajstić information content (AvgIpc) is 2.38. The van der Waals surface area contributed by atoms with Gasteiger partial charge in [0.15, 0.2) is 0 Å². The summed E-state index contributed by atoms with van der Waals surface area (Å²) in [5, 5.41) is 9.78. The number of hydrogen-bond donors (Lipinski definition) is 1. The van der Waals surface area contributed by atoms with Crippen molar-refractivity contribution in [3.05, 3.63) is 0 Å². The van der Waals surface area contributed by atoms with E-state index in [4.69, 9.17) is 11.6 Å². The molecule has 0 amide bonds. The average molecular weight is 356 g/mol. The molecule has 136 valence electrons. The zero-order valence-electron chi connectivity index (χ0n) is 15.3. The van der Waals surface area contributed by atoms with Crippen LogP contribution < -0.4 is 12.4 Å². The Morgan fingerprint density at radius 1 is 0.909 bits per heavy atom. The predicted molar refractivity (Wildman–Crippen MR) is 95.0 cm³/mol. The molecule has 0 spiro atoms. The van der Waals surface area contributed by atoms with E-state index < -0.39 is 0 Å². The molecule has 0 aromatic rings. The highest BCUT2D eigenvalue weighted by molar-refractivity contribution is 6.20. The van der Waals surface area contributed by atoms with Crippen LogP contribution in [0.5, 0.6) is 0 Å². The number of quaternary nitrogens is 1. The Morgan fingerprint density at radius 2 is 1.41 bits per heavy atom. The van der Waals surface area contributed by atoms with Crippen LogP contribution in [0.15, 0.2) is 0 Å². The largest absolute Gasteiger partial charge is 1.00 e. The summed E-state index contributed by atoms with van der Waals surface area (Å²) in [5.41, 5.74) is 0. The number of rotatable bonds is 14. The molecule has 2 atom stereocenters. The van der Waals surface area contributed by atoms with Gasteiger partial charge in [-0.3, -0.25) is 0 Å². The fourth-order valence-corrected chi connectivity index (χ4v) is 3.19. The first kappa shape index (κ1) is 24.7. The molecule has 0 bridgehead atoms. The fourth-order valence-electron chi connectivity index (χ4n) is 2.94. The van der Waals surface area contributed by atoms with Crippen molar-refractivity contribution < 1.29 is 22.0 Å². The minimum Gasteiger partial charge on any atom is -1.00 e. The van der Waals surface area contributed by atoms with Crippen LogP contribution >= 0.6 is 11.6 Å². The van der Waals surface area contributed by atoms with Crippen molar-refractivity contribution in [3.8, 4) is 0 Å². The zero-order valence-corrected chi connectivity index (χ0v) is 16.8. The van der Waals surface area contributed by atoms with Gasteiger partial charge in [-0.05, 0) is 13.3 Å². The molecule has 0 aliphatic carbocycles. The first-order valence-corrected chi connectivity index (χ1v) is 9.45. The van der Waals surface area contributed by atoms with E-state index in [0.29, 0.717) is 5.38 Å². The van der Waals surface area contributed by atoms with Crippen LogP contribution in [0, 0.1) is 0 Å². The van der Waals surface area contributed by atoms with Gasteiger partial charge in [-0.25, -0.2) is 0 Å². The summed E-state index contributed by atoms with van der Waals surface area (Å²) < 4.78 is 0.859. The lowest BCUT2D eigenvalue weighted by molar-refractivity contribution is -0.893. The van der Waals surface area contributed by atoms with E-state index in [1.807, 2.05) is 6.92 Å². The maximum absolute atomic E-state index is 9.48. The van der Waals surface area contributed by atoms with Gasteiger partial charge in [0, 0.05) is 11.8 Å². The minimum atomic E-state index is -0.235. The Labute approximate surface area is 150 Å². The maximum atomic E-state index is 9.48. The van der Waals surface area contributed by atoms with Gasteiger partial charge in [-0.1, -0.05) is 58.3 Å². The number of likely N-dealkylation sites (N-methyl/N-ethyl adjacent to an activating group) is 1.